The molecule has 0 saturated carbocycles. The molecule has 1 saturated heterocycles. The van der Waals surface area contributed by atoms with Crippen LogP contribution in [0.4, 0.5) is 10.1 Å². The van der Waals surface area contributed by atoms with E-state index in [2.05, 4.69) is 12.2 Å². The van der Waals surface area contributed by atoms with Crippen molar-refractivity contribution in [2.75, 3.05) is 24.5 Å². The Bertz CT molecular complexity index is 421. The van der Waals surface area contributed by atoms with E-state index in [1.54, 1.807) is 12.1 Å². The summed E-state index contributed by atoms with van der Waals surface area (Å²) in [6.07, 6.45) is 0. The molecule has 1 fully saturated rings. The van der Waals surface area contributed by atoms with Gasteiger partial charge in [0.2, 0.25) is 5.91 Å². The molecule has 1 aliphatic heterocycles. The maximum atomic E-state index is 12.9. The second-order valence-electron chi connectivity index (χ2n) is 4.73. The van der Waals surface area contributed by atoms with Gasteiger partial charge >= 0.3 is 0 Å². The minimum atomic E-state index is -0.389. The largest absolute Gasteiger partial charge is 0.358 e. The van der Waals surface area contributed by atoms with Crippen LogP contribution in [-0.4, -0.2) is 31.6 Å². The maximum absolute atomic E-state index is 12.9. The summed E-state index contributed by atoms with van der Waals surface area (Å²) in [7, 11) is 0. The highest BCUT2D eigenvalue weighted by molar-refractivity contribution is 5.86. The van der Waals surface area contributed by atoms with Crippen LogP contribution < -0.4 is 16.0 Å². The van der Waals surface area contributed by atoms with Gasteiger partial charge in [0.1, 0.15) is 11.9 Å². The van der Waals surface area contributed by atoms with Crippen LogP contribution in [0.15, 0.2) is 24.3 Å². The number of amides is 1. The Balaban J connectivity index is 2.30. The molecule has 1 heterocycles. The molecule has 2 unspecified atom stereocenters. The van der Waals surface area contributed by atoms with Crippen LogP contribution in [0, 0.1) is 11.7 Å². The fourth-order valence-electron chi connectivity index (χ4n) is 2.21. The quantitative estimate of drug-likeness (QED) is 0.814. The molecule has 1 aromatic rings. The van der Waals surface area contributed by atoms with Gasteiger partial charge in [0.05, 0.1) is 0 Å². The van der Waals surface area contributed by atoms with Crippen molar-refractivity contribution < 1.29 is 9.18 Å². The van der Waals surface area contributed by atoms with Gasteiger partial charge in [0.15, 0.2) is 0 Å². The molecule has 1 aromatic carbocycles. The highest BCUT2D eigenvalue weighted by atomic mass is 19.1. The third kappa shape index (κ3) is 2.61. The van der Waals surface area contributed by atoms with Crippen LogP contribution in [0.3, 0.4) is 0 Å². The van der Waals surface area contributed by atoms with E-state index in [9.17, 15) is 9.18 Å². The van der Waals surface area contributed by atoms with Crippen LogP contribution in [-0.2, 0) is 4.79 Å². The molecule has 98 valence electrons. The summed E-state index contributed by atoms with van der Waals surface area (Å²) < 4.78 is 12.9. The number of anilines is 1. The fraction of sp³-hybridized carbons (Fsp3) is 0.462. The van der Waals surface area contributed by atoms with Gasteiger partial charge in [-0.05, 0) is 30.2 Å². The smallest absolute Gasteiger partial charge is 0.244 e. The van der Waals surface area contributed by atoms with Gasteiger partial charge in [-0.25, -0.2) is 4.39 Å². The van der Waals surface area contributed by atoms with Crippen molar-refractivity contribution in [1.29, 1.82) is 0 Å². The SMILES string of the molecule is CC1CNC(=O)C(CN)N(c2ccc(F)cc2)C1. The molecule has 1 aliphatic rings. The van der Waals surface area contributed by atoms with Crippen molar-refractivity contribution in [3.63, 3.8) is 0 Å². The lowest BCUT2D eigenvalue weighted by Crippen LogP contribution is -2.49. The molecule has 18 heavy (non-hydrogen) atoms. The van der Waals surface area contributed by atoms with Gasteiger partial charge < -0.3 is 16.0 Å². The summed E-state index contributed by atoms with van der Waals surface area (Å²) in [6.45, 7) is 3.69. The van der Waals surface area contributed by atoms with Gasteiger partial charge in [-0.15, -0.1) is 0 Å². The summed E-state index contributed by atoms with van der Waals surface area (Å²) in [4.78, 5) is 13.9. The molecule has 2 rings (SSSR count). The van der Waals surface area contributed by atoms with Crippen molar-refractivity contribution in [2.24, 2.45) is 11.7 Å². The Labute approximate surface area is 106 Å². The second-order valence-corrected chi connectivity index (χ2v) is 4.73. The first-order chi connectivity index (χ1) is 8.61. The van der Waals surface area contributed by atoms with Crippen molar-refractivity contribution in [1.82, 2.24) is 5.32 Å². The van der Waals surface area contributed by atoms with E-state index in [-0.39, 0.29) is 24.3 Å². The van der Waals surface area contributed by atoms with E-state index in [0.717, 1.165) is 12.2 Å². The number of hydrogen-bond acceptors (Lipinski definition) is 3. The number of halogens is 1. The minimum absolute atomic E-state index is 0.0637. The van der Waals surface area contributed by atoms with Crippen molar-refractivity contribution in [3.05, 3.63) is 30.1 Å². The van der Waals surface area contributed by atoms with Crippen LogP contribution in [0.25, 0.3) is 0 Å². The lowest BCUT2D eigenvalue weighted by atomic mass is 10.1. The molecule has 3 N–H and O–H groups in total. The molecule has 0 spiro atoms. The highest BCUT2D eigenvalue weighted by Crippen LogP contribution is 2.20. The average Bonchev–Trinajstić information content (AvgIpc) is 2.50. The number of carbonyl (C=O) groups is 1. The summed E-state index contributed by atoms with van der Waals surface area (Å²) in [5.41, 5.74) is 6.52. The number of hydrogen-bond donors (Lipinski definition) is 2. The third-order valence-electron chi connectivity index (χ3n) is 3.19. The summed E-state index contributed by atoms with van der Waals surface area (Å²) in [5, 5.41) is 2.87. The standard InChI is InChI=1S/C13H18FN3O/c1-9-7-16-13(18)12(6-15)17(8-9)11-4-2-10(14)3-5-11/h2-5,9,12H,6-8,15H2,1H3,(H,16,18). The zero-order valence-electron chi connectivity index (χ0n) is 10.4. The number of rotatable bonds is 2. The molecule has 0 aromatic heterocycles. The Morgan fingerprint density at radius 1 is 1.44 bits per heavy atom. The van der Waals surface area contributed by atoms with Crippen molar-refractivity contribution in [2.45, 2.75) is 13.0 Å². The molecule has 5 heteroatoms. The normalized spacial score (nSPS) is 24.6. The molecule has 4 nitrogen and oxygen atoms in total. The predicted octanol–water partition coefficient (Wildman–Crippen LogP) is 0.725. The van der Waals surface area contributed by atoms with Gasteiger partial charge in [-0.2, -0.15) is 0 Å². The molecular formula is C13H18FN3O. The first kappa shape index (κ1) is 12.8. The summed E-state index contributed by atoms with van der Waals surface area (Å²) in [5.74, 6) is -0.0166. The number of benzene rings is 1. The van der Waals surface area contributed by atoms with E-state index in [1.807, 2.05) is 4.90 Å². The van der Waals surface area contributed by atoms with Crippen LogP contribution in [0.2, 0.25) is 0 Å². The molecule has 0 bridgehead atoms. The van der Waals surface area contributed by atoms with Crippen molar-refractivity contribution in [3.8, 4) is 0 Å². The zero-order valence-corrected chi connectivity index (χ0v) is 10.4. The molecule has 1 amide bonds. The third-order valence-corrected chi connectivity index (χ3v) is 3.19. The Morgan fingerprint density at radius 3 is 2.72 bits per heavy atom. The van der Waals surface area contributed by atoms with E-state index in [0.29, 0.717) is 12.5 Å². The number of nitrogens with two attached hydrogens (primary N) is 1. The van der Waals surface area contributed by atoms with Gasteiger partial charge in [-0.1, -0.05) is 6.92 Å². The maximum Gasteiger partial charge on any atom is 0.244 e. The van der Waals surface area contributed by atoms with E-state index in [4.69, 9.17) is 5.73 Å². The van der Waals surface area contributed by atoms with Crippen molar-refractivity contribution >= 4 is 11.6 Å². The Hall–Kier alpha value is -1.62. The van der Waals surface area contributed by atoms with Gasteiger partial charge in [0.25, 0.3) is 0 Å². The summed E-state index contributed by atoms with van der Waals surface area (Å²) >= 11 is 0. The number of nitrogens with zero attached hydrogens (tertiary/aromatic N) is 1. The van der Waals surface area contributed by atoms with Crippen LogP contribution >= 0.6 is 0 Å². The number of nitrogens with one attached hydrogen (secondary N) is 1. The number of carbonyl (C=O) groups excluding carboxylic acids is 1. The van der Waals surface area contributed by atoms with E-state index >= 15 is 0 Å². The monoisotopic (exact) mass is 251 g/mol. The Morgan fingerprint density at radius 2 is 2.11 bits per heavy atom. The first-order valence-corrected chi connectivity index (χ1v) is 6.12. The minimum Gasteiger partial charge on any atom is -0.358 e. The zero-order chi connectivity index (χ0) is 13.1. The van der Waals surface area contributed by atoms with E-state index in [1.165, 1.54) is 12.1 Å². The average molecular weight is 251 g/mol. The van der Waals surface area contributed by atoms with E-state index < -0.39 is 0 Å². The second kappa shape index (κ2) is 5.35. The topological polar surface area (TPSA) is 58.4 Å². The first-order valence-electron chi connectivity index (χ1n) is 6.12. The lowest BCUT2D eigenvalue weighted by molar-refractivity contribution is -0.121. The molecule has 0 radical (unpaired) electrons. The molecular weight excluding hydrogens is 233 g/mol. The Kier molecular flexibility index (Phi) is 3.81. The highest BCUT2D eigenvalue weighted by Gasteiger charge is 2.29. The lowest BCUT2D eigenvalue weighted by Gasteiger charge is -2.30. The predicted molar refractivity (Wildman–Crippen MR) is 68.8 cm³/mol. The van der Waals surface area contributed by atoms with Gasteiger partial charge in [0, 0.05) is 25.3 Å². The molecule has 0 aliphatic carbocycles. The molecule has 2 atom stereocenters. The van der Waals surface area contributed by atoms with Crippen LogP contribution in [0.5, 0.6) is 0 Å². The summed E-state index contributed by atoms with van der Waals surface area (Å²) in [6, 6.07) is 5.78. The van der Waals surface area contributed by atoms with Crippen LogP contribution in [0.1, 0.15) is 6.92 Å². The fourth-order valence-corrected chi connectivity index (χ4v) is 2.21. The van der Waals surface area contributed by atoms with Gasteiger partial charge in [-0.3, -0.25) is 4.79 Å².